The zero-order valence-electron chi connectivity index (χ0n) is 17.5. The molecule has 0 bridgehead atoms. The van der Waals surface area contributed by atoms with E-state index in [1.807, 2.05) is 0 Å². The zero-order chi connectivity index (χ0) is 24.6. The topological polar surface area (TPSA) is 124 Å². The first-order valence-electron chi connectivity index (χ1n) is 9.45. The number of sulfonamides is 1. The third kappa shape index (κ3) is 4.33. The molecule has 34 heavy (non-hydrogen) atoms. The largest absolute Gasteiger partial charge is 0.481 e. The van der Waals surface area contributed by atoms with Gasteiger partial charge in [-0.1, -0.05) is 11.6 Å². The van der Waals surface area contributed by atoms with Crippen molar-refractivity contribution in [2.24, 2.45) is 0 Å². The Bertz CT molecular complexity index is 1450. The predicted octanol–water partition coefficient (Wildman–Crippen LogP) is 3.56. The summed E-state index contributed by atoms with van der Waals surface area (Å²) in [5, 5.41) is 4.09. The fourth-order valence-corrected chi connectivity index (χ4v) is 4.70. The Morgan fingerprint density at radius 2 is 1.85 bits per heavy atom. The van der Waals surface area contributed by atoms with Crippen LogP contribution in [0.3, 0.4) is 0 Å². The Balaban J connectivity index is 1.77. The molecule has 180 valence electrons. The fraction of sp³-hybridized carbons (Fsp3) is 0.211. The second-order valence-corrected chi connectivity index (χ2v) is 8.86. The summed E-state index contributed by atoms with van der Waals surface area (Å²) in [6, 6.07) is 4.01. The van der Waals surface area contributed by atoms with Gasteiger partial charge in [-0.2, -0.15) is 14.4 Å². The molecule has 1 aromatic carbocycles. The fourth-order valence-electron chi connectivity index (χ4n) is 3.34. The maximum absolute atomic E-state index is 13.4. The Hall–Kier alpha value is -3.52. The highest BCUT2D eigenvalue weighted by atomic mass is 35.5. The van der Waals surface area contributed by atoms with Crippen molar-refractivity contribution < 1.29 is 31.1 Å². The predicted molar refractivity (Wildman–Crippen MR) is 116 cm³/mol. The van der Waals surface area contributed by atoms with E-state index in [-0.39, 0.29) is 43.8 Å². The van der Waals surface area contributed by atoms with Crippen molar-refractivity contribution in [2.45, 2.75) is 17.7 Å². The average molecular weight is 517 g/mol. The Morgan fingerprint density at radius 3 is 2.41 bits per heavy atom. The highest BCUT2D eigenvalue weighted by Crippen LogP contribution is 2.34. The first-order valence-corrected chi connectivity index (χ1v) is 11.3. The van der Waals surface area contributed by atoms with Crippen LogP contribution in [-0.4, -0.2) is 53.8 Å². The summed E-state index contributed by atoms with van der Waals surface area (Å²) in [5.41, 5.74) is 0.403. The standard InChI is InChI=1S/C19H16ClF3N6O4S/c1-32-17-10(7-13(21)22)18(33-2)26-19(25-17)28-34(30,31)12-8-24-15-9(12)3-4-11(20)16(15)29-6-5-14(23)27-29/h3-6,8,13,24H,7H2,1-2H3,(H,25,26,28). The first-order chi connectivity index (χ1) is 16.1. The maximum Gasteiger partial charge on any atom is 0.266 e. The molecule has 4 rings (SSSR count). The number of halogens is 4. The van der Waals surface area contributed by atoms with E-state index in [1.54, 1.807) is 0 Å². The van der Waals surface area contributed by atoms with Gasteiger partial charge in [0.15, 0.2) is 0 Å². The van der Waals surface area contributed by atoms with Gasteiger partial charge in [-0.25, -0.2) is 26.6 Å². The number of fused-ring (bicyclic) bond motifs is 1. The molecule has 3 heterocycles. The highest BCUT2D eigenvalue weighted by Gasteiger charge is 2.26. The second-order valence-electron chi connectivity index (χ2n) is 6.80. The Labute approximate surface area is 195 Å². The highest BCUT2D eigenvalue weighted by molar-refractivity contribution is 7.93. The van der Waals surface area contributed by atoms with Crippen molar-refractivity contribution in [1.82, 2.24) is 24.7 Å². The molecule has 3 aromatic heterocycles. The number of aromatic nitrogens is 5. The summed E-state index contributed by atoms with van der Waals surface area (Å²) in [6.07, 6.45) is -0.952. The quantitative estimate of drug-likeness (QED) is 0.367. The minimum atomic E-state index is -4.30. The van der Waals surface area contributed by atoms with E-state index >= 15 is 0 Å². The number of benzene rings is 1. The monoisotopic (exact) mass is 516 g/mol. The van der Waals surface area contributed by atoms with Crippen molar-refractivity contribution in [2.75, 3.05) is 18.9 Å². The summed E-state index contributed by atoms with van der Waals surface area (Å²) in [6.45, 7) is 0. The Morgan fingerprint density at radius 1 is 1.18 bits per heavy atom. The SMILES string of the molecule is COc1nc(NS(=O)(=O)c2c[nH]c3c(-n4ccc(F)n4)c(Cl)ccc23)nc(OC)c1CC(F)F. The van der Waals surface area contributed by atoms with E-state index in [9.17, 15) is 21.6 Å². The molecule has 0 atom stereocenters. The van der Waals surface area contributed by atoms with Crippen LogP contribution in [0.25, 0.3) is 16.6 Å². The summed E-state index contributed by atoms with van der Waals surface area (Å²) in [7, 11) is -1.92. The van der Waals surface area contributed by atoms with Gasteiger partial charge in [0.05, 0.1) is 30.3 Å². The molecule has 0 amide bonds. The van der Waals surface area contributed by atoms with Crippen LogP contribution in [-0.2, 0) is 16.4 Å². The number of anilines is 1. The van der Waals surface area contributed by atoms with Gasteiger partial charge in [-0.05, 0) is 12.1 Å². The molecule has 0 aliphatic carbocycles. The lowest BCUT2D eigenvalue weighted by atomic mass is 10.2. The number of nitrogens with zero attached hydrogens (tertiary/aromatic N) is 4. The molecule has 0 spiro atoms. The summed E-state index contributed by atoms with van der Waals surface area (Å²) in [5.74, 6) is -1.73. The normalized spacial score (nSPS) is 11.9. The minimum absolute atomic E-state index is 0.110. The van der Waals surface area contributed by atoms with Crippen LogP contribution < -0.4 is 14.2 Å². The van der Waals surface area contributed by atoms with E-state index < -0.39 is 34.8 Å². The molecule has 0 aliphatic heterocycles. The molecular weight excluding hydrogens is 501 g/mol. The van der Waals surface area contributed by atoms with Crippen molar-refractivity contribution in [1.29, 1.82) is 0 Å². The van der Waals surface area contributed by atoms with Crippen LogP contribution in [0.5, 0.6) is 11.8 Å². The van der Waals surface area contributed by atoms with Crippen LogP contribution >= 0.6 is 11.6 Å². The van der Waals surface area contributed by atoms with E-state index in [0.29, 0.717) is 0 Å². The van der Waals surface area contributed by atoms with Crippen molar-refractivity contribution >= 4 is 38.5 Å². The lowest BCUT2D eigenvalue weighted by molar-refractivity contribution is 0.146. The number of rotatable bonds is 8. The summed E-state index contributed by atoms with van der Waals surface area (Å²) >= 11 is 6.25. The number of nitrogens with one attached hydrogen (secondary N) is 2. The summed E-state index contributed by atoms with van der Waals surface area (Å²) < 4.78 is 79.0. The molecule has 0 saturated heterocycles. The lowest BCUT2D eigenvalue weighted by Crippen LogP contribution is -2.16. The van der Waals surface area contributed by atoms with Crippen LogP contribution in [0.15, 0.2) is 35.5 Å². The smallest absolute Gasteiger partial charge is 0.266 e. The number of hydrogen-bond acceptors (Lipinski definition) is 7. The second kappa shape index (κ2) is 9.02. The first kappa shape index (κ1) is 23.6. The van der Waals surface area contributed by atoms with Crippen molar-refractivity contribution in [3.05, 3.63) is 47.1 Å². The van der Waals surface area contributed by atoms with Gasteiger partial charge in [-0.3, -0.25) is 0 Å². The molecule has 15 heteroatoms. The third-order valence-corrected chi connectivity index (χ3v) is 6.39. The number of ether oxygens (including phenoxy) is 2. The molecule has 0 saturated carbocycles. The molecule has 4 aromatic rings. The van der Waals surface area contributed by atoms with Crippen LogP contribution in [0, 0.1) is 5.95 Å². The van der Waals surface area contributed by atoms with Gasteiger partial charge in [0, 0.05) is 30.3 Å². The molecule has 0 unspecified atom stereocenters. The van der Waals surface area contributed by atoms with Gasteiger partial charge in [0.2, 0.25) is 30.1 Å². The minimum Gasteiger partial charge on any atom is -0.481 e. The molecule has 2 N–H and O–H groups in total. The van der Waals surface area contributed by atoms with E-state index in [2.05, 4.69) is 24.8 Å². The molecule has 0 aliphatic rings. The summed E-state index contributed by atoms with van der Waals surface area (Å²) in [4.78, 5) is 10.4. The lowest BCUT2D eigenvalue weighted by Gasteiger charge is -2.14. The van der Waals surface area contributed by atoms with Crippen LogP contribution in [0.4, 0.5) is 19.1 Å². The van der Waals surface area contributed by atoms with Crippen LogP contribution in [0.1, 0.15) is 5.56 Å². The van der Waals surface area contributed by atoms with Gasteiger partial charge in [0.25, 0.3) is 10.0 Å². The molecular formula is C19H16ClF3N6O4S. The molecule has 0 fully saturated rings. The van der Waals surface area contributed by atoms with E-state index in [4.69, 9.17) is 21.1 Å². The van der Waals surface area contributed by atoms with Gasteiger partial charge >= 0.3 is 0 Å². The number of methoxy groups -OCH3 is 2. The number of hydrogen-bond donors (Lipinski definition) is 2. The molecule has 10 nitrogen and oxygen atoms in total. The van der Waals surface area contributed by atoms with Crippen molar-refractivity contribution in [3.8, 4) is 17.4 Å². The molecule has 0 radical (unpaired) electrons. The Kier molecular flexibility index (Phi) is 6.27. The van der Waals surface area contributed by atoms with Crippen molar-refractivity contribution in [3.63, 3.8) is 0 Å². The number of H-pyrrole nitrogens is 1. The maximum atomic E-state index is 13.4. The van der Waals surface area contributed by atoms with Gasteiger partial charge in [-0.15, -0.1) is 5.10 Å². The van der Waals surface area contributed by atoms with E-state index in [1.165, 1.54) is 43.4 Å². The van der Waals surface area contributed by atoms with Gasteiger partial charge in [0.1, 0.15) is 10.6 Å². The number of aromatic amines is 1. The number of alkyl halides is 2. The van der Waals surface area contributed by atoms with E-state index in [0.717, 1.165) is 6.07 Å². The zero-order valence-corrected chi connectivity index (χ0v) is 19.1. The van der Waals surface area contributed by atoms with Crippen LogP contribution in [0.2, 0.25) is 5.02 Å². The third-order valence-electron chi connectivity index (χ3n) is 4.72. The van der Waals surface area contributed by atoms with Gasteiger partial charge < -0.3 is 14.5 Å². The average Bonchev–Trinajstić information content (AvgIpc) is 3.40.